The van der Waals surface area contributed by atoms with Crippen molar-refractivity contribution in [3.05, 3.63) is 0 Å². The second-order valence-electron chi connectivity index (χ2n) is 4.19. The zero-order valence-electron chi connectivity index (χ0n) is 8.92. The van der Waals surface area contributed by atoms with Crippen LogP contribution in [0.5, 0.6) is 0 Å². The van der Waals surface area contributed by atoms with E-state index < -0.39 is 0 Å². The summed E-state index contributed by atoms with van der Waals surface area (Å²) in [5, 5.41) is 3.23. The lowest BCUT2D eigenvalue weighted by Gasteiger charge is -2.33. The third kappa shape index (κ3) is 3.25. The Bertz CT molecular complexity index is 130. The number of nitrogens with zero attached hydrogens (tertiary/aromatic N) is 1. The topological polar surface area (TPSA) is 41.3 Å². The van der Waals surface area contributed by atoms with Crippen molar-refractivity contribution in [1.82, 2.24) is 10.2 Å². The van der Waals surface area contributed by atoms with Crippen LogP contribution >= 0.6 is 0 Å². The molecule has 1 saturated heterocycles. The van der Waals surface area contributed by atoms with Crippen LogP contribution in [0.3, 0.4) is 0 Å². The highest BCUT2D eigenvalue weighted by Gasteiger charge is 2.23. The van der Waals surface area contributed by atoms with Crippen LogP contribution in [0.4, 0.5) is 0 Å². The first kappa shape index (κ1) is 11.0. The molecule has 3 heteroatoms. The van der Waals surface area contributed by atoms with Gasteiger partial charge >= 0.3 is 0 Å². The van der Waals surface area contributed by atoms with Gasteiger partial charge in [0, 0.05) is 0 Å². The van der Waals surface area contributed by atoms with Gasteiger partial charge in [0.15, 0.2) is 0 Å². The van der Waals surface area contributed by atoms with Crippen molar-refractivity contribution >= 4 is 0 Å². The van der Waals surface area contributed by atoms with E-state index in [9.17, 15) is 0 Å². The van der Waals surface area contributed by atoms with Gasteiger partial charge in [-0.1, -0.05) is 0 Å². The summed E-state index contributed by atoms with van der Waals surface area (Å²) in [7, 11) is 4.21. The van der Waals surface area contributed by atoms with Crippen molar-refractivity contribution in [2.75, 3.05) is 40.3 Å². The molecule has 1 aliphatic heterocycles. The average Bonchev–Trinajstić information content (AvgIpc) is 2.16. The normalized spacial score (nSPS) is 23.3. The minimum absolute atomic E-state index is 0.679. The van der Waals surface area contributed by atoms with E-state index in [1.807, 2.05) is 7.05 Å². The molecule has 1 atom stereocenters. The predicted octanol–water partition coefficient (Wildman–Crippen LogP) is 0.123. The maximum Gasteiger partial charge on any atom is -0.000879 e. The predicted molar refractivity (Wildman–Crippen MR) is 56.7 cm³/mol. The van der Waals surface area contributed by atoms with Crippen molar-refractivity contribution in [3.8, 4) is 0 Å². The number of likely N-dealkylation sites (tertiary alicyclic amines) is 1. The van der Waals surface area contributed by atoms with Gasteiger partial charge in [-0.15, -0.1) is 0 Å². The van der Waals surface area contributed by atoms with Crippen LogP contribution in [0.1, 0.15) is 12.8 Å². The van der Waals surface area contributed by atoms with Gasteiger partial charge in [0.25, 0.3) is 0 Å². The Labute approximate surface area is 81.7 Å². The number of rotatable bonds is 4. The fraction of sp³-hybridized carbons (Fsp3) is 1.00. The Morgan fingerprint density at radius 3 is 2.54 bits per heavy atom. The first-order valence-electron chi connectivity index (χ1n) is 5.31. The molecule has 0 aliphatic carbocycles. The lowest BCUT2D eigenvalue weighted by molar-refractivity contribution is 0.172. The summed E-state index contributed by atoms with van der Waals surface area (Å²) in [4.78, 5) is 2.41. The van der Waals surface area contributed by atoms with Crippen LogP contribution in [-0.2, 0) is 0 Å². The minimum Gasteiger partial charge on any atom is -0.330 e. The summed E-state index contributed by atoms with van der Waals surface area (Å²) < 4.78 is 0. The van der Waals surface area contributed by atoms with Crippen LogP contribution in [-0.4, -0.2) is 45.2 Å². The van der Waals surface area contributed by atoms with Crippen molar-refractivity contribution in [2.24, 2.45) is 17.6 Å². The smallest absolute Gasteiger partial charge is 0.000879 e. The van der Waals surface area contributed by atoms with Crippen molar-refractivity contribution in [3.63, 3.8) is 0 Å². The van der Waals surface area contributed by atoms with Crippen molar-refractivity contribution < 1.29 is 0 Å². The van der Waals surface area contributed by atoms with Gasteiger partial charge < -0.3 is 16.0 Å². The van der Waals surface area contributed by atoms with Crippen LogP contribution in [0, 0.1) is 11.8 Å². The van der Waals surface area contributed by atoms with E-state index in [1.165, 1.54) is 25.9 Å². The number of hydrogen-bond acceptors (Lipinski definition) is 3. The van der Waals surface area contributed by atoms with Crippen LogP contribution in [0.15, 0.2) is 0 Å². The van der Waals surface area contributed by atoms with Gasteiger partial charge in [-0.3, -0.25) is 0 Å². The maximum atomic E-state index is 5.77. The van der Waals surface area contributed by atoms with Gasteiger partial charge in [0.05, 0.1) is 0 Å². The zero-order chi connectivity index (χ0) is 9.68. The molecule has 1 heterocycles. The van der Waals surface area contributed by atoms with Gasteiger partial charge in [0.1, 0.15) is 0 Å². The Morgan fingerprint density at radius 1 is 1.46 bits per heavy atom. The second kappa shape index (κ2) is 5.58. The molecule has 1 unspecified atom stereocenters. The average molecular weight is 185 g/mol. The molecule has 1 aliphatic rings. The van der Waals surface area contributed by atoms with Gasteiger partial charge in [-0.25, -0.2) is 0 Å². The third-order valence-electron chi connectivity index (χ3n) is 3.20. The molecule has 3 N–H and O–H groups in total. The largest absolute Gasteiger partial charge is 0.330 e. The van der Waals surface area contributed by atoms with E-state index in [1.54, 1.807) is 0 Å². The molecule has 0 bridgehead atoms. The molecular weight excluding hydrogens is 162 g/mol. The summed E-state index contributed by atoms with van der Waals surface area (Å²) in [5.74, 6) is 1.52. The van der Waals surface area contributed by atoms with Gasteiger partial charge in [0.2, 0.25) is 0 Å². The van der Waals surface area contributed by atoms with E-state index in [2.05, 4.69) is 17.3 Å². The fourth-order valence-electron chi connectivity index (χ4n) is 2.20. The van der Waals surface area contributed by atoms with Crippen molar-refractivity contribution in [2.45, 2.75) is 12.8 Å². The van der Waals surface area contributed by atoms with E-state index in [0.717, 1.165) is 19.0 Å². The molecule has 0 amide bonds. The zero-order valence-corrected chi connectivity index (χ0v) is 8.92. The molecule has 0 spiro atoms. The lowest BCUT2D eigenvalue weighted by Crippen LogP contribution is -2.39. The number of nitrogens with two attached hydrogens (primary N) is 1. The van der Waals surface area contributed by atoms with Crippen LogP contribution in [0.2, 0.25) is 0 Å². The Kier molecular flexibility index (Phi) is 4.70. The molecule has 0 aromatic carbocycles. The van der Waals surface area contributed by atoms with Gasteiger partial charge in [-0.2, -0.15) is 0 Å². The quantitative estimate of drug-likeness (QED) is 0.654. The van der Waals surface area contributed by atoms with E-state index in [-0.39, 0.29) is 0 Å². The number of piperidine rings is 1. The van der Waals surface area contributed by atoms with E-state index >= 15 is 0 Å². The molecule has 13 heavy (non-hydrogen) atoms. The van der Waals surface area contributed by atoms with E-state index in [0.29, 0.717) is 5.92 Å². The molecule has 78 valence electrons. The molecule has 0 radical (unpaired) electrons. The summed E-state index contributed by atoms with van der Waals surface area (Å²) >= 11 is 0. The first-order valence-corrected chi connectivity index (χ1v) is 5.31. The van der Waals surface area contributed by atoms with Gasteiger partial charge in [-0.05, 0) is 65.0 Å². The highest BCUT2D eigenvalue weighted by atomic mass is 15.1. The van der Waals surface area contributed by atoms with Crippen LogP contribution < -0.4 is 11.1 Å². The molecule has 3 nitrogen and oxygen atoms in total. The lowest BCUT2D eigenvalue weighted by atomic mass is 9.84. The third-order valence-corrected chi connectivity index (χ3v) is 3.20. The Morgan fingerprint density at radius 2 is 2.08 bits per heavy atom. The summed E-state index contributed by atoms with van der Waals surface area (Å²) in [6, 6.07) is 0. The number of nitrogens with one attached hydrogen (secondary N) is 1. The van der Waals surface area contributed by atoms with Crippen molar-refractivity contribution in [1.29, 1.82) is 0 Å². The number of hydrogen-bond donors (Lipinski definition) is 2. The highest BCUT2D eigenvalue weighted by Crippen LogP contribution is 2.23. The second-order valence-corrected chi connectivity index (χ2v) is 4.19. The molecule has 0 saturated carbocycles. The SMILES string of the molecule is CNCC(CN)C1CCN(C)CC1. The Balaban J connectivity index is 2.32. The molecule has 0 aromatic rings. The fourth-order valence-corrected chi connectivity index (χ4v) is 2.20. The molecular formula is C10H23N3. The Hall–Kier alpha value is -0.120. The minimum atomic E-state index is 0.679. The highest BCUT2D eigenvalue weighted by molar-refractivity contribution is 4.78. The van der Waals surface area contributed by atoms with Crippen LogP contribution in [0.25, 0.3) is 0 Å². The maximum absolute atomic E-state index is 5.77. The summed E-state index contributed by atoms with van der Waals surface area (Å²) in [6.45, 7) is 4.38. The summed E-state index contributed by atoms with van der Waals surface area (Å²) in [6.07, 6.45) is 2.64. The van der Waals surface area contributed by atoms with E-state index in [4.69, 9.17) is 5.73 Å². The first-order chi connectivity index (χ1) is 6.27. The molecule has 1 fully saturated rings. The summed E-state index contributed by atoms with van der Waals surface area (Å²) in [5.41, 5.74) is 5.77. The molecule has 1 rings (SSSR count). The molecule has 0 aromatic heterocycles. The monoisotopic (exact) mass is 185 g/mol. The standard InChI is InChI=1S/C10H23N3/c1-12-8-10(7-11)9-3-5-13(2)6-4-9/h9-10,12H,3-8,11H2,1-2H3.